The molecule has 2 aromatic rings. The second-order valence-electron chi connectivity index (χ2n) is 6.66. The number of carbonyl (C=O) groups is 1. The first-order chi connectivity index (χ1) is 11.8. The predicted octanol–water partition coefficient (Wildman–Crippen LogP) is 1.42. The lowest BCUT2D eigenvalue weighted by atomic mass is 9.81. The highest BCUT2D eigenvalue weighted by atomic mass is 32.1. The molecule has 2 aliphatic rings. The maximum absolute atomic E-state index is 12.2. The van der Waals surface area contributed by atoms with Gasteiger partial charge in [0.2, 0.25) is 0 Å². The number of pyridine rings is 1. The molecule has 7 heteroatoms. The average Bonchev–Trinajstić information content (AvgIpc) is 3.29. The molecule has 0 spiro atoms. The van der Waals surface area contributed by atoms with Crippen LogP contribution in [0.1, 0.15) is 16.1 Å². The summed E-state index contributed by atoms with van der Waals surface area (Å²) in [6, 6.07) is 4.08. The Bertz CT molecular complexity index is 694. The molecule has 1 amide bonds. The fraction of sp³-hybridized carbons (Fsp3) is 0.471. The minimum absolute atomic E-state index is 0.00783. The molecule has 0 radical (unpaired) electrons. The third kappa shape index (κ3) is 3.07. The number of fused-ring (bicyclic) bond motifs is 1. The van der Waals surface area contributed by atoms with E-state index in [2.05, 4.69) is 26.3 Å². The van der Waals surface area contributed by atoms with E-state index in [0.29, 0.717) is 24.8 Å². The van der Waals surface area contributed by atoms with Gasteiger partial charge in [0.1, 0.15) is 5.69 Å². The van der Waals surface area contributed by atoms with Gasteiger partial charge in [-0.1, -0.05) is 6.07 Å². The third-order valence-electron chi connectivity index (χ3n) is 4.99. The summed E-state index contributed by atoms with van der Waals surface area (Å²) >= 11 is 1.43. The van der Waals surface area contributed by atoms with E-state index >= 15 is 0 Å². The van der Waals surface area contributed by atoms with Crippen LogP contribution in [-0.2, 0) is 11.3 Å². The molecule has 2 atom stereocenters. The molecule has 0 saturated carbocycles. The third-order valence-corrected chi connectivity index (χ3v) is 5.57. The summed E-state index contributed by atoms with van der Waals surface area (Å²) in [5.74, 6) is 0.367. The van der Waals surface area contributed by atoms with Crippen molar-refractivity contribution in [1.29, 1.82) is 0 Å². The highest BCUT2D eigenvalue weighted by Crippen LogP contribution is 2.41. The van der Waals surface area contributed by atoms with Crippen LogP contribution in [0.15, 0.2) is 35.4 Å². The first-order valence-electron chi connectivity index (χ1n) is 8.11. The zero-order valence-corrected chi connectivity index (χ0v) is 14.2. The monoisotopic (exact) mass is 344 g/mol. The number of thiazole rings is 1. The lowest BCUT2D eigenvalue weighted by Gasteiger charge is -2.27. The number of aromatic nitrogens is 2. The number of carbonyl (C=O) groups excluding carboxylic acids is 1. The Hall–Kier alpha value is -1.83. The van der Waals surface area contributed by atoms with Gasteiger partial charge in [-0.15, -0.1) is 11.3 Å². The molecule has 4 heterocycles. The summed E-state index contributed by atoms with van der Waals surface area (Å²) in [6.45, 7) is 4.95. The van der Waals surface area contributed by atoms with Crippen LogP contribution in [0.5, 0.6) is 0 Å². The van der Waals surface area contributed by atoms with Crippen molar-refractivity contribution >= 4 is 17.2 Å². The first kappa shape index (κ1) is 15.7. The van der Waals surface area contributed by atoms with E-state index < -0.39 is 0 Å². The molecule has 4 rings (SSSR count). The highest BCUT2D eigenvalue weighted by molar-refractivity contribution is 7.07. The van der Waals surface area contributed by atoms with Gasteiger partial charge in [0.25, 0.3) is 5.91 Å². The number of rotatable bonds is 5. The van der Waals surface area contributed by atoms with Crippen molar-refractivity contribution in [3.8, 4) is 0 Å². The molecular weight excluding hydrogens is 324 g/mol. The zero-order chi connectivity index (χ0) is 16.4. The van der Waals surface area contributed by atoms with E-state index in [9.17, 15) is 4.79 Å². The van der Waals surface area contributed by atoms with Crippen molar-refractivity contribution in [2.45, 2.75) is 6.54 Å². The van der Waals surface area contributed by atoms with E-state index in [4.69, 9.17) is 4.74 Å². The van der Waals surface area contributed by atoms with E-state index in [1.54, 1.807) is 17.1 Å². The molecule has 0 unspecified atom stereocenters. The Kier molecular flexibility index (Phi) is 4.30. The second kappa shape index (κ2) is 6.58. The second-order valence-corrected chi connectivity index (χ2v) is 7.38. The minimum Gasteiger partial charge on any atom is -0.380 e. The number of hydrogen-bond acceptors (Lipinski definition) is 6. The van der Waals surface area contributed by atoms with Gasteiger partial charge in [0.05, 0.1) is 18.7 Å². The highest BCUT2D eigenvalue weighted by Gasteiger charge is 2.50. The molecule has 2 aromatic heterocycles. The van der Waals surface area contributed by atoms with Crippen molar-refractivity contribution in [2.24, 2.45) is 11.3 Å². The quantitative estimate of drug-likeness (QED) is 0.888. The number of nitrogens with zero attached hydrogens (tertiary/aromatic N) is 3. The molecule has 0 bridgehead atoms. The van der Waals surface area contributed by atoms with Crippen LogP contribution in [0.3, 0.4) is 0 Å². The fourth-order valence-corrected chi connectivity index (χ4v) is 4.27. The lowest BCUT2D eigenvalue weighted by molar-refractivity contribution is 0.0900. The van der Waals surface area contributed by atoms with E-state index in [0.717, 1.165) is 26.2 Å². The van der Waals surface area contributed by atoms with Crippen molar-refractivity contribution in [1.82, 2.24) is 20.2 Å². The topological polar surface area (TPSA) is 67.3 Å². The molecular formula is C17H20N4O2S. The minimum atomic E-state index is -0.0954. The van der Waals surface area contributed by atoms with Crippen molar-refractivity contribution < 1.29 is 9.53 Å². The number of likely N-dealkylation sites (tertiary alicyclic amines) is 1. The van der Waals surface area contributed by atoms with Crippen molar-refractivity contribution in [2.75, 3.05) is 32.8 Å². The predicted molar refractivity (Wildman–Crippen MR) is 90.7 cm³/mol. The smallest absolute Gasteiger partial charge is 0.270 e. The summed E-state index contributed by atoms with van der Waals surface area (Å²) in [6.07, 6.45) is 3.72. The van der Waals surface area contributed by atoms with Crippen LogP contribution in [0.25, 0.3) is 0 Å². The normalized spacial score (nSPS) is 26.4. The SMILES string of the molecule is O=C(NC[C@@]12COC[C@@H]1CN(Cc1cccnc1)C2)c1cscn1. The first-order valence-corrected chi connectivity index (χ1v) is 9.05. The van der Waals surface area contributed by atoms with E-state index in [-0.39, 0.29) is 11.3 Å². The summed E-state index contributed by atoms with van der Waals surface area (Å²) < 4.78 is 5.73. The van der Waals surface area contributed by atoms with Crippen molar-refractivity contribution in [3.05, 3.63) is 46.7 Å². The molecule has 0 aromatic carbocycles. The lowest BCUT2D eigenvalue weighted by Crippen LogP contribution is -2.43. The maximum Gasteiger partial charge on any atom is 0.270 e. The summed E-state index contributed by atoms with van der Waals surface area (Å²) in [5, 5.41) is 4.84. The Balaban J connectivity index is 1.40. The molecule has 2 fully saturated rings. The van der Waals surface area contributed by atoms with Crippen LogP contribution < -0.4 is 5.32 Å². The van der Waals surface area contributed by atoms with Gasteiger partial charge in [-0.3, -0.25) is 14.7 Å². The number of amides is 1. The van der Waals surface area contributed by atoms with E-state index in [1.807, 2.05) is 12.3 Å². The Morgan fingerprint density at radius 2 is 2.50 bits per heavy atom. The summed E-state index contributed by atoms with van der Waals surface area (Å²) in [7, 11) is 0. The molecule has 0 aliphatic carbocycles. The largest absolute Gasteiger partial charge is 0.380 e. The summed E-state index contributed by atoms with van der Waals surface area (Å²) in [4.78, 5) is 22.9. The van der Waals surface area contributed by atoms with Crippen LogP contribution in [-0.4, -0.2) is 53.6 Å². The zero-order valence-electron chi connectivity index (χ0n) is 13.4. The van der Waals surface area contributed by atoms with Crippen molar-refractivity contribution in [3.63, 3.8) is 0 Å². The van der Waals surface area contributed by atoms with Crippen LogP contribution in [0.2, 0.25) is 0 Å². The number of ether oxygens (including phenoxy) is 1. The van der Waals surface area contributed by atoms with Gasteiger partial charge < -0.3 is 10.1 Å². The standard InChI is InChI=1S/C17H20N4O2S/c22-16(15-8-24-12-20-15)19-9-17-10-21(6-14(17)7-23-11-17)5-13-2-1-3-18-4-13/h1-4,8,12,14H,5-7,9-11H2,(H,19,22)/t14-,17+/m0/s1. The van der Waals surface area contributed by atoms with Gasteiger partial charge in [0.15, 0.2) is 0 Å². The molecule has 1 N–H and O–H groups in total. The Morgan fingerprint density at radius 3 is 3.29 bits per heavy atom. The van der Waals surface area contributed by atoms with Crippen LogP contribution >= 0.6 is 11.3 Å². The molecule has 126 valence electrons. The molecule has 24 heavy (non-hydrogen) atoms. The average molecular weight is 344 g/mol. The van der Waals surface area contributed by atoms with Crippen LogP contribution in [0.4, 0.5) is 0 Å². The maximum atomic E-state index is 12.2. The number of hydrogen-bond donors (Lipinski definition) is 1. The Labute approximate surface area is 144 Å². The molecule has 6 nitrogen and oxygen atoms in total. The van der Waals surface area contributed by atoms with Gasteiger partial charge in [0, 0.05) is 55.3 Å². The Morgan fingerprint density at radius 1 is 1.54 bits per heavy atom. The van der Waals surface area contributed by atoms with E-state index in [1.165, 1.54) is 16.9 Å². The van der Waals surface area contributed by atoms with Gasteiger partial charge in [-0.05, 0) is 11.6 Å². The van der Waals surface area contributed by atoms with Crippen LogP contribution in [0, 0.1) is 11.3 Å². The molecule has 2 saturated heterocycles. The summed E-state index contributed by atoms with van der Waals surface area (Å²) in [5.41, 5.74) is 3.41. The fourth-order valence-electron chi connectivity index (χ4n) is 3.73. The number of nitrogens with one attached hydrogen (secondary N) is 1. The van der Waals surface area contributed by atoms with Gasteiger partial charge >= 0.3 is 0 Å². The van der Waals surface area contributed by atoms with Gasteiger partial charge in [-0.25, -0.2) is 4.98 Å². The van der Waals surface area contributed by atoms with Gasteiger partial charge in [-0.2, -0.15) is 0 Å². The molecule has 2 aliphatic heterocycles.